The fraction of sp³-hybridized carbons (Fsp3) is 0.379. The molecule has 42 heavy (non-hydrogen) atoms. The zero-order valence-electron chi connectivity index (χ0n) is 22.4. The SMILES string of the molecule is C=CC(=O)N1CCc2nn(-c3ccc(C4CCC4)cc3O)c3c2[C@H](C1)N(C(=O)c1cnc(Br)c(OC(F)(F)F)c1)CC3. The van der Waals surface area contributed by atoms with Crippen LogP contribution in [-0.2, 0) is 17.6 Å². The summed E-state index contributed by atoms with van der Waals surface area (Å²) in [5.41, 5.74) is 3.80. The normalized spacial score (nSPS) is 18.6. The third-order valence-corrected chi connectivity index (χ3v) is 8.84. The third-order valence-electron chi connectivity index (χ3n) is 8.24. The Morgan fingerprint density at radius 3 is 2.62 bits per heavy atom. The number of phenolic OH excluding ortho intramolecular Hbond substituents is 1. The molecule has 6 rings (SSSR count). The minimum absolute atomic E-state index is 0.0927. The maximum absolute atomic E-state index is 13.8. The van der Waals surface area contributed by atoms with E-state index in [-0.39, 0.29) is 34.9 Å². The molecule has 2 aromatic heterocycles. The summed E-state index contributed by atoms with van der Waals surface area (Å²) in [5, 5.41) is 15.9. The van der Waals surface area contributed by atoms with Crippen molar-refractivity contribution in [3.63, 3.8) is 0 Å². The highest BCUT2D eigenvalue weighted by Crippen LogP contribution is 2.41. The Hall–Kier alpha value is -3.87. The molecule has 1 N–H and O–H groups in total. The predicted octanol–water partition coefficient (Wildman–Crippen LogP) is 5.21. The van der Waals surface area contributed by atoms with Gasteiger partial charge in [-0.3, -0.25) is 9.59 Å². The maximum Gasteiger partial charge on any atom is 0.573 e. The van der Waals surface area contributed by atoms with Crippen LogP contribution in [0.1, 0.15) is 64.1 Å². The van der Waals surface area contributed by atoms with Crippen LogP contribution in [0.5, 0.6) is 11.5 Å². The molecule has 1 atom stereocenters. The van der Waals surface area contributed by atoms with Crippen LogP contribution in [0.4, 0.5) is 13.2 Å². The van der Waals surface area contributed by atoms with E-state index in [1.54, 1.807) is 15.6 Å². The summed E-state index contributed by atoms with van der Waals surface area (Å²) >= 11 is 2.94. The van der Waals surface area contributed by atoms with Crippen molar-refractivity contribution < 1.29 is 32.6 Å². The lowest BCUT2D eigenvalue weighted by molar-refractivity contribution is -0.275. The average molecular weight is 646 g/mol. The number of aromatic hydroxyl groups is 1. The van der Waals surface area contributed by atoms with Crippen molar-refractivity contribution in [1.82, 2.24) is 24.6 Å². The van der Waals surface area contributed by atoms with E-state index < -0.39 is 24.1 Å². The second-order valence-corrected chi connectivity index (χ2v) is 11.4. The van der Waals surface area contributed by atoms with Crippen LogP contribution < -0.4 is 4.74 Å². The van der Waals surface area contributed by atoms with Crippen molar-refractivity contribution in [2.24, 2.45) is 0 Å². The van der Waals surface area contributed by atoms with Gasteiger partial charge in [0.05, 0.1) is 23.0 Å². The van der Waals surface area contributed by atoms with Crippen LogP contribution in [0.15, 0.2) is 47.7 Å². The van der Waals surface area contributed by atoms with Gasteiger partial charge in [0.25, 0.3) is 5.91 Å². The molecule has 3 aromatic rings. The lowest BCUT2D eigenvalue weighted by atomic mass is 9.80. The van der Waals surface area contributed by atoms with Crippen LogP contribution in [0.2, 0.25) is 0 Å². The van der Waals surface area contributed by atoms with E-state index >= 15 is 0 Å². The molecule has 13 heteroatoms. The fourth-order valence-corrected chi connectivity index (χ4v) is 6.29. The summed E-state index contributed by atoms with van der Waals surface area (Å²) in [4.78, 5) is 33.5. The number of amides is 2. The van der Waals surface area contributed by atoms with Gasteiger partial charge in [-0.05, 0) is 64.5 Å². The summed E-state index contributed by atoms with van der Waals surface area (Å²) in [6.07, 6.45) is 1.59. The molecule has 1 saturated carbocycles. The number of hydrogen-bond acceptors (Lipinski definition) is 6. The quantitative estimate of drug-likeness (QED) is 0.302. The highest BCUT2D eigenvalue weighted by Gasteiger charge is 2.41. The Labute approximate surface area is 247 Å². The molecule has 1 aromatic carbocycles. The molecular formula is C29H27BrF3N5O4. The number of carbonyl (C=O) groups is 2. The molecule has 2 amide bonds. The first-order valence-electron chi connectivity index (χ1n) is 13.6. The molecule has 0 saturated heterocycles. The zero-order valence-corrected chi connectivity index (χ0v) is 24.0. The number of aromatic nitrogens is 3. The second kappa shape index (κ2) is 10.8. The van der Waals surface area contributed by atoms with E-state index in [1.807, 2.05) is 12.1 Å². The Morgan fingerprint density at radius 2 is 1.95 bits per heavy atom. The van der Waals surface area contributed by atoms with E-state index in [4.69, 9.17) is 5.10 Å². The van der Waals surface area contributed by atoms with Crippen LogP contribution in [0.25, 0.3) is 5.69 Å². The van der Waals surface area contributed by atoms with Crippen LogP contribution >= 0.6 is 15.9 Å². The molecule has 0 spiro atoms. The zero-order chi connectivity index (χ0) is 29.8. The van der Waals surface area contributed by atoms with Gasteiger partial charge < -0.3 is 19.6 Å². The van der Waals surface area contributed by atoms with Gasteiger partial charge in [-0.1, -0.05) is 19.1 Å². The van der Waals surface area contributed by atoms with E-state index in [2.05, 4.69) is 32.2 Å². The van der Waals surface area contributed by atoms with Crippen molar-refractivity contribution in [2.45, 2.75) is 50.4 Å². The van der Waals surface area contributed by atoms with Gasteiger partial charge in [0.15, 0.2) is 5.75 Å². The summed E-state index contributed by atoms with van der Waals surface area (Å²) in [6, 6.07) is 6.03. The summed E-state index contributed by atoms with van der Waals surface area (Å²) in [5.74, 6) is -0.931. The van der Waals surface area contributed by atoms with E-state index in [1.165, 1.54) is 23.6 Å². The Morgan fingerprint density at radius 1 is 1.17 bits per heavy atom. The molecule has 220 valence electrons. The molecule has 9 nitrogen and oxygen atoms in total. The number of halogens is 4. The molecule has 0 bridgehead atoms. The molecule has 1 aliphatic carbocycles. The van der Waals surface area contributed by atoms with Crippen molar-refractivity contribution in [2.75, 3.05) is 19.6 Å². The molecule has 0 unspecified atom stereocenters. The number of hydrogen-bond donors (Lipinski definition) is 1. The smallest absolute Gasteiger partial charge is 0.506 e. The number of benzene rings is 1. The average Bonchev–Trinajstić information content (AvgIpc) is 3.17. The topological polar surface area (TPSA) is 101 Å². The van der Waals surface area contributed by atoms with Gasteiger partial charge in [0.1, 0.15) is 16.0 Å². The Kier molecular flexibility index (Phi) is 7.24. The van der Waals surface area contributed by atoms with Crippen LogP contribution in [0, 0.1) is 0 Å². The summed E-state index contributed by atoms with van der Waals surface area (Å²) in [6.45, 7) is 4.27. The molecule has 2 aliphatic heterocycles. The highest BCUT2D eigenvalue weighted by molar-refractivity contribution is 9.10. The van der Waals surface area contributed by atoms with E-state index in [0.717, 1.165) is 35.7 Å². The van der Waals surface area contributed by atoms with Crippen molar-refractivity contribution in [3.05, 3.63) is 75.8 Å². The first-order chi connectivity index (χ1) is 20.0. The highest BCUT2D eigenvalue weighted by atomic mass is 79.9. The Balaban J connectivity index is 1.39. The van der Waals surface area contributed by atoms with Gasteiger partial charge in [0.2, 0.25) is 5.91 Å². The number of alkyl halides is 3. The number of phenols is 1. The van der Waals surface area contributed by atoms with Gasteiger partial charge >= 0.3 is 6.36 Å². The fourth-order valence-electron chi connectivity index (χ4n) is 5.99. The summed E-state index contributed by atoms with van der Waals surface area (Å²) in [7, 11) is 0. The van der Waals surface area contributed by atoms with Gasteiger partial charge in [0, 0.05) is 44.2 Å². The molecule has 1 fully saturated rings. The number of carbonyl (C=O) groups excluding carboxylic acids is 2. The van der Waals surface area contributed by atoms with Crippen molar-refractivity contribution >= 4 is 27.7 Å². The van der Waals surface area contributed by atoms with Crippen LogP contribution in [0.3, 0.4) is 0 Å². The third kappa shape index (κ3) is 5.14. The monoisotopic (exact) mass is 645 g/mol. The second-order valence-electron chi connectivity index (χ2n) is 10.7. The first kappa shape index (κ1) is 28.3. The minimum Gasteiger partial charge on any atom is -0.506 e. The molecule has 3 aliphatic rings. The number of rotatable bonds is 5. The van der Waals surface area contributed by atoms with Crippen LogP contribution in [-0.4, -0.2) is 67.5 Å². The van der Waals surface area contributed by atoms with Gasteiger partial charge in [-0.2, -0.15) is 5.10 Å². The maximum atomic E-state index is 13.8. The molecule has 0 radical (unpaired) electrons. The molecular weight excluding hydrogens is 619 g/mol. The number of pyridine rings is 1. The first-order valence-corrected chi connectivity index (χ1v) is 14.4. The number of ether oxygens (including phenoxy) is 1. The lowest BCUT2D eigenvalue weighted by Crippen LogP contribution is -2.45. The predicted molar refractivity (Wildman–Crippen MR) is 148 cm³/mol. The number of nitrogens with zero attached hydrogens (tertiary/aromatic N) is 5. The largest absolute Gasteiger partial charge is 0.573 e. The van der Waals surface area contributed by atoms with Gasteiger partial charge in [-0.15, -0.1) is 13.2 Å². The van der Waals surface area contributed by atoms with Gasteiger partial charge in [-0.25, -0.2) is 9.67 Å². The van der Waals surface area contributed by atoms with E-state index in [0.29, 0.717) is 36.7 Å². The standard InChI is InChI=1S/C29H27BrF3N5O4/c1-2-25(40)36-10-8-19-26-21(38(35-19)20-7-6-17(12-23(20)39)16-4-3-5-16)9-11-37(22(26)15-36)28(41)18-13-24(27(30)34-14-18)42-29(31,32)33/h2,6-7,12-14,16,22,39H,1,3-5,8-11,15H2/t22-/m0/s1. The molecule has 4 heterocycles. The Bertz CT molecular complexity index is 1590. The minimum atomic E-state index is -4.97. The lowest BCUT2D eigenvalue weighted by Gasteiger charge is -2.38. The summed E-state index contributed by atoms with van der Waals surface area (Å²) < 4.78 is 44.4. The van der Waals surface area contributed by atoms with E-state index in [9.17, 15) is 27.9 Å². The van der Waals surface area contributed by atoms with Crippen molar-refractivity contribution in [1.29, 1.82) is 0 Å². The van der Waals surface area contributed by atoms with Crippen molar-refractivity contribution in [3.8, 4) is 17.2 Å².